The van der Waals surface area contributed by atoms with Crippen molar-refractivity contribution < 1.29 is 24.9 Å². The highest BCUT2D eigenvalue weighted by Gasteiger charge is 2.44. The Hall–Kier alpha value is -1.63. The van der Waals surface area contributed by atoms with Gasteiger partial charge < -0.3 is 25.4 Å². The summed E-state index contributed by atoms with van der Waals surface area (Å²) in [4.78, 5) is 11.9. The standard InChI is InChI=1S/C29H47NO5/c1-20(9-7-13-28(34)30-18-22-14-15-22)8-6-12-25-26(32)17-27(33)29(25)21(2)16-23(31)19-35-24-10-4-3-5-11-24/h3-5,10-11,20-23,25-27,29,31-33H,6-9,12-19H2,1-2H3,(H,30,34)/t20?,21-,23+,25-,26-,27+,29+/m0/s1. The molecule has 2 aliphatic rings. The molecule has 0 aromatic heterocycles. The van der Waals surface area contributed by atoms with Gasteiger partial charge >= 0.3 is 0 Å². The topological polar surface area (TPSA) is 99.0 Å². The van der Waals surface area contributed by atoms with E-state index in [-0.39, 0.29) is 30.3 Å². The zero-order chi connectivity index (χ0) is 25.2. The molecule has 0 bridgehead atoms. The predicted octanol–water partition coefficient (Wildman–Crippen LogP) is 4.31. The largest absolute Gasteiger partial charge is 0.491 e. The molecular formula is C29H47NO5. The lowest BCUT2D eigenvalue weighted by Gasteiger charge is -2.30. The zero-order valence-electron chi connectivity index (χ0n) is 21.6. The van der Waals surface area contributed by atoms with E-state index < -0.39 is 18.3 Å². The van der Waals surface area contributed by atoms with E-state index in [1.54, 1.807) is 0 Å². The number of ether oxygens (including phenoxy) is 1. The van der Waals surface area contributed by atoms with Crippen LogP contribution in [0, 0.1) is 29.6 Å². The number of para-hydroxylation sites is 1. The molecule has 35 heavy (non-hydrogen) atoms. The van der Waals surface area contributed by atoms with E-state index >= 15 is 0 Å². The van der Waals surface area contributed by atoms with Crippen LogP contribution in [-0.2, 0) is 4.79 Å². The third kappa shape index (κ3) is 9.74. The van der Waals surface area contributed by atoms with Crippen LogP contribution in [0.5, 0.6) is 5.75 Å². The number of benzene rings is 1. The van der Waals surface area contributed by atoms with Gasteiger partial charge in [-0.15, -0.1) is 0 Å². The van der Waals surface area contributed by atoms with Gasteiger partial charge in [-0.2, -0.15) is 0 Å². The first-order chi connectivity index (χ1) is 16.8. The lowest BCUT2D eigenvalue weighted by atomic mass is 9.78. The molecule has 1 unspecified atom stereocenters. The van der Waals surface area contributed by atoms with Crippen LogP contribution in [0.3, 0.4) is 0 Å². The molecule has 2 aliphatic carbocycles. The van der Waals surface area contributed by atoms with Crippen molar-refractivity contribution in [2.45, 2.75) is 96.4 Å². The summed E-state index contributed by atoms with van der Waals surface area (Å²) in [5.74, 6) is 2.32. The van der Waals surface area contributed by atoms with Gasteiger partial charge in [0.2, 0.25) is 5.91 Å². The lowest BCUT2D eigenvalue weighted by Crippen LogP contribution is -2.32. The Kier molecular flexibility index (Phi) is 11.3. The highest BCUT2D eigenvalue weighted by Crippen LogP contribution is 2.42. The molecule has 0 radical (unpaired) electrons. The van der Waals surface area contributed by atoms with Gasteiger partial charge in [-0.3, -0.25) is 4.79 Å². The average molecular weight is 490 g/mol. The predicted molar refractivity (Wildman–Crippen MR) is 138 cm³/mol. The third-order valence-corrected chi connectivity index (χ3v) is 8.02. The molecule has 7 atom stereocenters. The van der Waals surface area contributed by atoms with E-state index in [2.05, 4.69) is 19.2 Å². The summed E-state index contributed by atoms with van der Waals surface area (Å²) in [5.41, 5.74) is 0. The number of hydrogen-bond acceptors (Lipinski definition) is 5. The first-order valence-electron chi connectivity index (χ1n) is 13.8. The van der Waals surface area contributed by atoms with Gasteiger partial charge in [0.1, 0.15) is 12.4 Å². The van der Waals surface area contributed by atoms with Gasteiger partial charge in [0.05, 0.1) is 18.3 Å². The summed E-state index contributed by atoms with van der Waals surface area (Å²) >= 11 is 0. The van der Waals surface area contributed by atoms with Gasteiger partial charge in [0.25, 0.3) is 0 Å². The average Bonchev–Trinajstić information content (AvgIpc) is 3.61. The van der Waals surface area contributed by atoms with E-state index in [4.69, 9.17) is 4.74 Å². The van der Waals surface area contributed by atoms with E-state index in [1.165, 1.54) is 12.8 Å². The minimum Gasteiger partial charge on any atom is -0.491 e. The molecule has 1 aromatic rings. The Balaban J connectivity index is 1.34. The number of aliphatic hydroxyl groups excluding tert-OH is 3. The lowest BCUT2D eigenvalue weighted by molar-refractivity contribution is -0.121. The Labute approximate surface area is 211 Å². The smallest absolute Gasteiger partial charge is 0.220 e. The molecule has 6 nitrogen and oxygen atoms in total. The fraction of sp³-hybridized carbons (Fsp3) is 0.759. The van der Waals surface area contributed by atoms with Crippen LogP contribution in [0.15, 0.2) is 30.3 Å². The van der Waals surface area contributed by atoms with E-state index in [1.807, 2.05) is 30.3 Å². The SMILES string of the molecule is CC(CCCC(=O)NCC1CC1)CCC[C@@H]1[C@@H]([C@@H](C)C[C@@H](O)COc2ccccc2)[C@H](O)C[C@@H]1O. The van der Waals surface area contributed by atoms with Gasteiger partial charge in [0.15, 0.2) is 0 Å². The van der Waals surface area contributed by atoms with Gasteiger partial charge in [-0.1, -0.05) is 51.3 Å². The van der Waals surface area contributed by atoms with Crippen molar-refractivity contribution in [2.24, 2.45) is 29.6 Å². The Morgan fingerprint density at radius 2 is 1.80 bits per heavy atom. The Morgan fingerprint density at radius 3 is 2.51 bits per heavy atom. The number of amides is 1. The molecule has 4 N–H and O–H groups in total. The molecule has 1 amide bonds. The first-order valence-corrected chi connectivity index (χ1v) is 13.8. The normalized spacial score (nSPS) is 26.8. The summed E-state index contributed by atoms with van der Waals surface area (Å²) in [5, 5.41) is 34.9. The number of rotatable bonds is 16. The summed E-state index contributed by atoms with van der Waals surface area (Å²) in [6.45, 7) is 5.38. The number of hydrogen-bond donors (Lipinski definition) is 4. The summed E-state index contributed by atoms with van der Waals surface area (Å²) < 4.78 is 5.68. The molecule has 0 saturated heterocycles. The summed E-state index contributed by atoms with van der Waals surface area (Å²) in [7, 11) is 0. The van der Waals surface area contributed by atoms with Crippen molar-refractivity contribution in [3.63, 3.8) is 0 Å². The number of nitrogens with one attached hydrogen (secondary N) is 1. The van der Waals surface area contributed by atoms with Crippen molar-refractivity contribution in [3.8, 4) is 5.75 Å². The van der Waals surface area contributed by atoms with Gasteiger partial charge in [-0.05, 0) is 80.2 Å². The highest BCUT2D eigenvalue weighted by molar-refractivity contribution is 5.75. The second kappa shape index (κ2) is 14.2. The summed E-state index contributed by atoms with van der Waals surface area (Å²) in [6, 6.07) is 9.47. The van der Waals surface area contributed by atoms with Crippen LogP contribution < -0.4 is 10.1 Å². The first kappa shape index (κ1) is 27.9. The van der Waals surface area contributed by atoms with E-state index in [0.717, 1.165) is 50.3 Å². The van der Waals surface area contributed by atoms with Crippen LogP contribution in [0.25, 0.3) is 0 Å². The molecular weight excluding hydrogens is 442 g/mol. The second-order valence-electron chi connectivity index (χ2n) is 11.3. The maximum absolute atomic E-state index is 11.9. The van der Waals surface area contributed by atoms with Crippen LogP contribution in [-0.4, -0.2) is 52.7 Å². The van der Waals surface area contributed by atoms with E-state index in [9.17, 15) is 20.1 Å². The monoisotopic (exact) mass is 489 g/mol. The number of carbonyl (C=O) groups excluding carboxylic acids is 1. The van der Waals surface area contributed by atoms with Crippen molar-refractivity contribution in [1.82, 2.24) is 5.32 Å². The van der Waals surface area contributed by atoms with Crippen molar-refractivity contribution in [2.75, 3.05) is 13.2 Å². The molecule has 6 heteroatoms. The van der Waals surface area contributed by atoms with Crippen molar-refractivity contribution in [3.05, 3.63) is 30.3 Å². The minimum absolute atomic E-state index is 0.0122. The van der Waals surface area contributed by atoms with Crippen molar-refractivity contribution >= 4 is 5.91 Å². The molecule has 0 spiro atoms. The maximum Gasteiger partial charge on any atom is 0.220 e. The number of carbonyl (C=O) groups is 1. The minimum atomic E-state index is -0.614. The highest BCUT2D eigenvalue weighted by atomic mass is 16.5. The molecule has 0 heterocycles. The summed E-state index contributed by atoms with van der Waals surface area (Å²) in [6.07, 6.45) is 7.38. The van der Waals surface area contributed by atoms with Crippen molar-refractivity contribution in [1.29, 1.82) is 0 Å². The van der Waals surface area contributed by atoms with Crippen LogP contribution in [0.2, 0.25) is 0 Å². The van der Waals surface area contributed by atoms with Crippen LogP contribution in [0.4, 0.5) is 0 Å². The molecule has 198 valence electrons. The fourth-order valence-corrected chi connectivity index (χ4v) is 5.80. The van der Waals surface area contributed by atoms with Gasteiger partial charge in [0, 0.05) is 13.0 Å². The van der Waals surface area contributed by atoms with Crippen LogP contribution >= 0.6 is 0 Å². The Bertz CT molecular complexity index is 740. The maximum atomic E-state index is 11.9. The quantitative estimate of drug-likeness (QED) is 0.277. The fourth-order valence-electron chi connectivity index (χ4n) is 5.80. The Morgan fingerprint density at radius 1 is 1.09 bits per heavy atom. The molecule has 1 aromatic carbocycles. The molecule has 2 fully saturated rings. The zero-order valence-corrected chi connectivity index (χ0v) is 21.6. The molecule has 0 aliphatic heterocycles. The van der Waals surface area contributed by atoms with E-state index in [0.29, 0.717) is 25.2 Å². The third-order valence-electron chi connectivity index (χ3n) is 8.02. The molecule has 3 rings (SSSR count). The second-order valence-corrected chi connectivity index (χ2v) is 11.3. The number of aliphatic hydroxyl groups is 3. The van der Waals surface area contributed by atoms with Gasteiger partial charge in [-0.25, -0.2) is 0 Å². The molecule has 2 saturated carbocycles. The van der Waals surface area contributed by atoms with Crippen LogP contribution in [0.1, 0.15) is 78.1 Å².